The first-order valence-electron chi connectivity index (χ1n) is 5.94. The smallest absolute Gasteiger partial charge is 0.349 e. The third-order valence-corrected chi connectivity index (χ3v) is 2.24. The number of carbonyl (C=O) groups is 2. The van der Waals surface area contributed by atoms with Crippen LogP contribution in [0.1, 0.15) is 19.4 Å². The van der Waals surface area contributed by atoms with Crippen molar-refractivity contribution in [3.63, 3.8) is 0 Å². The summed E-state index contributed by atoms with van der Waals surface area (Å²) in [6, 6.07) is 8.27. The van der Waals surface area contributed by atoms with Crippen molar-refractivity contribution in [2.75, 3.05) is 13.2 Å². The van der Waals surface area contributed by atoms with Gasteiger partial charge in [0.05, 0.1) is 13.2 Å². The maximum Gasteiger partial charge on any atom is 0.349 e. The molecule has 1 aromatic rings. The Hall–Kier alpha value is -1.78. The molecule has 0 atom stereocenters. The first-order valence-corrected chi connectivity index (χ1v) is 5.94. The summed E-state index contributed by atoms with van der Waals surface area (Å²) in [5, 5.41) is 10.1. The average molecular weight is 328 g/mol. The van der Waals surface area contributed by atoms with Crippen LogP contribution in [0.5, 0.6) is 0 Å². The predicted octanol–water partition coefficient (Wildman–Crippen LogP) is 2.08. The van der Waals surface area contributed by atoms with Crippen LogP contribution in [0.2, 0.25) is 0 Å². The number of aliphatic hydroxyl groups excluding tert-OH is 1. The van der Waals surface area contributed by atoms with Gasteiger partial charge in [-0.25, -0.2) is 9.59 Å². The standard InChI is InChI=1S/C14H16O5.Cu/c1-3-18-13(16)11(14(17)19-4-2)12(15)10-8-6-5-7-9-10;/h5-9,15H,3-4H2,1-2H3;. The molecule has 0 saturated carbocycles. The Morgan fingerprint density at radius 2 is 1.45 bits per heavy atom. The zero-order chi connectivity index (χ0) is 14.3. The summed E-state index contributed by atoms with van der Waals surface area (Å²) in [7, 11) is 0. The monoisotopic (exact) mass is 327 g/mol. The van der Waals surface area contributed by atoms with Crippen LogP contribution in [0, 0.1) is 0 Å². The molecule has 0 aromatic heterocycles. The van der Waals surface area contributed by atoms with Gasteiger partial charge in [-0.3, -0.25) is 0 Å². The molecule has 1 aromatic carbocycles. The molecule has 1 N–H and O–H groups in total. The molecule has 0 unspecified atom stereocenters. The number of ether oxygens (including phenoxy) is 2. The summed E-state index contributed by atoms with van der Waals surface area (Å²) in [5.41, 5.74) is -0.145. The average Bonchev–Trinajstić information content (AvgIpc) is 2.40. The van der Waals surface area contributed by atoms with Gasteiger partial charge in [-0.05, 0) is 13.8 Å². The molecule has 0 aliphatic rings. The fourth-order valence-electron chi connectivity index (χ4n) is 1.42. The van der Waals surface area contributed by atoms with E-state index in [1.54, 1.807) is 44.2 Å². The molecule has 20 heavy (non-hydrogen) atoms. The molecule has 0 fully saturated rings. The van der Waals surface area contributed by atoms with Crippen molar-refractivity contribution >= 4 is 17.7 Å². The first kappa shape index (κ1) is 18.2. The largest absolute Gasteiger partial charge is 0.506 e. The molecule has 0 heterocycles. The van der Waals surface area contributed by atoms with Crippen molar-refractivity contribution < 1.29 is 41.2 Å². The van der Waals surface area contributed by atoms with Crippen molar-refractivity contribution in [2.24, 2.45) is 0 Å². The summed E-state index contributed by atoms with van der Waals surface area (Å²) in [5.74, 6) is -2.25. The molecule has 0 aliphatic heterocycles. The number of carbonyl (C=O) groups excluding carboxylic acids is 2. The number of hydrogen-bond donors (Lipinski definition) is 1. The minimum Gasteiger partial charge on any atom is -0.506 e. The summed E-state index contributed by atoms with van der Waals surface area (Å²) in [6.45, 7) is 3.42. The Labute approximate surface area is 128 Å². The van der Waals surface area contributed by atoms with E-state index < -0.39 is 23.3 Å². The Morgan fingerprint density at radius 3 is 1.85 bits per heavy atom. The second-order valence-electron chi connectivity index (χ2n) is 3.53. The molecular formula is C14H16CuO5. The second-order valence-corrected chi connectivity index (χ2v) is 3.53. The molecule has 0 aliphatic carbocycles. The third-order valence-electron chi connectivity index (χ3n) is 2.24. The van der Waals surface area contributed by atoms with Crippen LogP contribution in [-0.2, 0) is 36.1 Å². The van der Waals surface area contributed by atoms with Gasteiger partial charge in [0.2, 0.25) is 0 Å². The van der Waals surface area contributed by atoms with Gasteiger partial charge < -0.3 is 14.6 Å². The molecule has 113 valence electrons. The fourth-order valence-corrected chi connectivity index (χ4v) is 1.42. The topological polar surface area (TPSA) is 72.8 Å². The van der Waals surface area contributed by atoms with Crippen molar-refractivity contribution in [2.45, 2.75) is 13.8 Å². The third kappa shape index (κ3) is 4.72. The summed E-state index contributed by atoms with van der Waals surface area (Å²) in [4.78, 5) is 23.5. The van der Waals surface area contributed by atoms with E-state index in [2.05, 4.69) is 0 Å². The number of esters is 2. The van der Waals surface area contributed by atoms with Crippen LogP contribution in [0.15, 0.2) is 35.9 Å². The minimum absolute atomic E-state index is 0. The summed E-state index contributed by atoms with van der Waals surface area (Å²) in [6.07, 6.45) is 0. The maximum absolute atomic E-state index is 11.7. The zero-order valence-corrected chi connectivity index (χ0v) is 12.1. The Morgan fingerprint density at radius 1 is 1.00 bits per heavy atom. The van der Waals surface area contributed by atoms with E-state index in [1.165, 1.54) is 0 Å². The Balaban J connectivity index is 0.00000361. The number of rotatable bonds is 5. The van der Waals surface area contributed by atoms with E-state index >= 15 is 0 Å². The van der Waals surface area contributed by atoms with Crippen LogP contribution in [0.3, 0.4) is 0 Å². The zero-order valence-electron chi connectivity index (χ0n) is 11.2. The molecule has 0 amide bonds. The van der Waals surface area contributed by atoms with Gasteiger partial charge in [0.25, 0.3) is 0 Å². The van der Waals surface area contributed by atoms with E-state index in [0.717, 1.165) is 0 Å². The molecule has 0 saturated heterocycles. The molecule has 0 bridgehead atoms. The van der Waals surface area contributed by atoms with Gasteiger partial charge in [-0.1, -0.05) is 30.3 Å². The van der Waals surface area contributed by atoms with Crippen molar-refractivity contribution in [1.82, 2.24) is 0 Å². The van der Waals surface area contributed by atoms with Gasteiger partial charge in [-0.15, -0.1) is 0 Å². The molecule has 6 heteroatoms. The van der Waals surface area contributed by atoms with Gasteiger partial charge in [-0.2, -0.15) is 0 Å². The van der Waals surface area contributed by atoms with Crippen LogP contribution in [0.25, 0.3) is 5.76 Å². The fraction of sp³-hybridized carbons (Fsp3) is 0.286. The van der Waals surface area contributed by atoms with E-state index in [0.29, 0.717) is 5.56 Å². The van der Waals surface area contributed by atoms with E-state index in [9.17, 15) is 14.7 Å². The van der Waals surface area contributed by atoms with Crippen molar-refractivity contribution in [3.05, 3.63) is 41.5 Å². The Bertz CT molecular complexity index is 462. The van der Waals surface area contributed by atoms with Gasteiger partial charge >= 0.3 is 11.9 Å². The summed E-state index contributed by atoms with van der Waals surface area (Å²) >= 11 is 0. The SMILES string of the molecule is CCOC(=O)C(C(=O)OCC)=C(O)c1ccccc1.[Cu]. The predicted molar refractivity (Wildman–Crippen MR) is 69.3 cm³/mol. The molecule has 5 nitrogen and oxygen atoms in total. The normalized spacial score (nSPS) is 9.10. The van der Waals surface area contributed by atoms with Gasteiger partial charge in [0, 0.05) is 22.6 Å². The number of aliphatic hydroxyl groups is 1. The van der Waals surface area contributed by atoms with E-state index in [-0.39, 0.29) is 30.3 Å². The molecule has 1 radical (unpaired) electrons. The Kier molecular flexibility index (Phi) is 8.36. The van der Waals surface area contributed by atoms with Crippen molar-refractivity contribution in [1.29, 1.82) is 0 Å². The minimum atomic E-state index is -0.901. The maximum atomic E-state index is 11.7. The van der Waals surface area contributed by atoms with Crippen LogP contribution < -0.4 is 0 Å². The molecule has 1 rings (SSSR count). The van der Waals surface area contributed by atoms with Gasteiger partial charge in [0.15, 0.2) is 5.57 Å². The quantitative estimate of drug-likeness (QED) is 0.224. The number of benzene rings is 1. The first-order chi connectivity index (χ1) is 9.11. The van der Waals surface area contributed by atoms with Crippen LogP contribution >= 0.6 is 0 Å². The van der Waals surface area contributed by atoms with Crippen LogP contribution in [0.4, 0.5) is 0 Å². The van der Waals surface area contributed by atoms with E-state index in [4.69, 9.17) is 9.47 Å². The molecular weight excluding hydrogens is 312 g/mol. The molecule has 0 spiro atoms. The summed E-state index contributed by atoms with van der Waals surface area (Å²) < 4.78 is 9.51. The van der Waals surface area contributed by atoms with Crippen LogP contribution in [-0.4, -0.2) is 30.3 Å². The number of hydrogen-bond acceptors (Lipinski definition) is 5. The van der Waals surface area contributed by atoms with E-state index in [1.807, 2.05) is 0 Å². The second kappa shape index (κ2) is 9.18. The van der Waals surface area contributed by atoms with Crippen molar-refractivity contribution in [3.8, 4) is 0 Å². The van der Waals surface area contributed by atoms with Gasteiger partial charge in [0.1, 0.15) is 5.76 Å².